The average molecular weight is 552 g/mol. The largest absolute Gasteiger partial charge is 0.444 e. The molecule has 0 heterocycles. The summed E-state index contributed by atoms with van der Waals surface area (Å²) in [7, 11) is 0. The molecule has 0 fully saturated rings. The zero-order chi connectivity index (χ0) is 25.8. The number of amides is 4. The lowest BCUT2D eigenvalue weighted by molar-refractivity contribution is -0.131. The van der Waals surface area contributed by atoms with Crippen LogP contribution < -0.4 is 21.5 Å². The van der Waals surface area contributed by atoms with Gasteiger partial charge in [-0.3, -0.25) is 15.0 Å². The van der Waals surface area contributed by atoms with Crippen molar-refractivity contribution in [3.05, 3.63) is 0 Å². The molecule has 0 aliphatic rings. The van der Waals surface area contributed by atoms with Gasteiger partial charge in [-0.2, -0.15) is 11.8 Å². The lowest BCUT2D eigenvalue weighted by Gasteiger charge is -2.28. The van der Waals surface area contributed by atoms with Crippen molar-refractivity contribution in [2.75, 3.05) is 18.6 Å². The predicted molar refractivity (Wildman–Crippen MR) is 130 cm³/mol. The molecule has 0 rings (SSSR count). The number of halogens is 3. The highest BCUT2D eigenvalue weighted by atomic mass is 35.6. The summed E-state index contributed by atoms with van der Waals surface area (Å²) in [6.07, 6.45) is 0.907. The fourth-order valence-electron chi connectivity index (χ4n) is 2.29. The monoisotopic (exact) mass is 550 g/mol. The fourth-order valence-corrected chi connectivity index (χ4v) is 2.92. The molecule has 0 aliphatic heterocycles. The number of alkyl carbamates (subject to hydrolysis) is 1. The molecule has 33 heavy (non-hydrogen) atoms. The highest BCUT2D eigenvalue weighted by molar-refractivity contribution is 7.98. The minimum absolute atomic E-state index is 0.239. The third kappa shape index (κ3) is 15.3. The molecular weight excluding hydrogens is 519 g/mol. The molecule has 4 amide bonds. The van der Waals surface area contributed by atoms with Crippen molar-refractivity contribution in [1.29, 1.82) is 0 Å². The summed E-state index contributed by atoms with van der Waals surface area (Å²) < 4.78 is 8.09. The van der Waals surface area contributed by atoms with Crippen LogP contribution in [0.15, 0.2) is 0 Å². The molecule has 0 unspecified atom stereocenters. The summed E-state index contributed by atoms with van der Waals surface area (Å²) in [6.45, 7) is 8.25. The van der Waals surface area contributed by atoms with E-state index in [0.717, 1.165) is 0 Å². The molecule has 10 nitrogen and oxygen atoms in total. The molecule has 0 aliphatic carbocycles. The number of hydrogen-bond donors (Lipinski definition) is 4. The van der Waals surface area contributed by atoms with Gasteiger partial charge in [0.25, 0.3) is 5.91 Å². The summed E-state index contributed by atoms with van der Waals surface area (Å²) in [5.41, 5.74) is 3.44. The SMILES string of the molecule is CC[C@H](C)[C@H](NC(=O)OC(C)(C)C)C(=O)N[C@@H](CCSC)C(=O)NNC(=O)OCC(Cl)(Cl)Cl. The quantitative estimate of drug-likeness (QED) is 0.242. The predicted octanol–water partition coefficient (Wildman–Crippen LogP) is 3.29. The van der Waals surface area contributed by atoms with Crippen molar-refractivity contribution >= 4 is 70.6 Å². The maximum Gasteiger partial charge on any atom is 0.426 e. The lowest BCUT2D eigenvalue weighted by atomic mass is 9.98. The topological polar surface area (TPSA) is 135 Å². The van der Waals surface area contributed by atoms with Gasteiger partial charge in [-0.25, -0.2) is 15.0 Å². The van der Waals surface area contributed by atoms with Crippen LogP contribution in [0.25, 0.3) is 0 Å². The van der Waals surface area contributed by atoms with Gasteiger partial charge >= 0.3 is 12.2 Å². The molecule has 0 saturated carbocycles. The van der Waals surface area contributed by atoms with Gasteiger partial charge in [-0.05, 0) is 45.1 Å². The van der Waals surface area contributed by atoms with E-state index in [-0.39, 0.29) is 12.3 Å². The maximum atomic E-state index is 12.9. The van der Waals surface area contributed by atoms with Gasteiger partial charge in [0.2, 0.25) is 9.70 Å². The van der Waals surface area contributed by atoms with Crippen LogP contribution in [0, 0.1) is 5.92 Å². The van der Waals surface area contributed by atoms with Crippen LogP contribution in [0.1, 0.15) is 47.5 Å². The number of ether oxygens (including phenoxy) is 2. The Kier molecular flexibility index (Phi) is 14.3. The van der Waals surface area contributed by atoms with Crippen molar-refractivity contribution in [2.24, 2.45) is 5.92 Å². The Hall–Kier alpha value is -1.30. The Morgan fingerprint density at radius 1 is 0.970 bits per heavy atom. The molecule has 192 valence electrons. The lowest BCUT2D eigenvalue weighted by Crippen LogP contribution is -2.58. The molecule has 0 saturated heterocycles. The van der Waals surface area contributed by atoms with Gasteiger partial charge in [0, 0.05) is 0 Å². The second-order valence-electron chi connectivity index (χ2n) is 8.16. The number of carbonyl (C=O) groups is 4. The first kappa shape index (κ1) is 31.7. The third-order valence-electron chi connectivity index (χ3n) is 4.07. The molecule has 3 atom stereocenters. The van der Waals surface area contributed by atoms with Gasteiger partial charge in [-0.1, -0.05) is 55.1 Å². The van der Waals surface area contributed by atoms with Crippen molar-refractivity contribution in [3.63, 3.8) is 0 Å². The number of nitrogens with one attached hydrogen (secondary N) is 4. The molecule has 4 N–H and O–H groups in total. The standard InChI is InChI=1S/C19H33Cl3N4O6S/c1-7-11(2)13(24-16(29)32-18(3,4)5)15(28)23-12(8-9-33-6)14(27)25-26-17(30)31-10-19(20,21)22/h11-13H,7-10H2,1-6H3,(H,23,28)(H,24,29)(H,25,27)(H,26,30)/t11-,12-,13-/m0/s1. The zero-order valence-electron chi connectivity index (χ0n) is 19.6. The molecule has 0 spiro atoms. The van der Waals surface area contributed by atoms with Crippen LogP contribution >= 0.6 is 46.6 Å². The zero-order valence-corrected chi connectivity index (χ0v) is 22.6. The second kappa shape index (κ2) is 14.9. The Labute approximate surface area is 213 Å². The number of hydrazine groups is 1. The van der Waals surface area contributed by atoms with E-state index in [4.69, 9.17) is 39.5 Å². The van der Waals surface area contributed by atoms with Crippen molar-refractivity contribution in [3.8, 4) is 0 Å². The summed E-state index contributed by atoms with van der Waals surface area (Å²) in [5, 5.41) is 5.19. The number of hydrogen-bond acceptors (Lipinski definition) is 7. The van der Waals surface area contributed by atoms with E-state index in [2.05, 4.69) is 20.8 Å². The van der Waals surface area contributed by atoms with Crippen molar-refractivity contribution in [1.82, 2.24) is 21.5 Å². The van der Waals surface area contributed by atoms with E-state index in [0.29, 0.717) is 12.2 Å². The van der Waals surface area contributed by atoms with Crippen molar-refractivity contribution < 1.29 is 28.7 Å². The molecule has 0 aromatic carbocycles. The van der Waals surface area contributed by atoms with E-state index in [1.807, 2.05) is 18.6 Å². The van der Waals surface area contributed by atoms with Gasteiger partial charge in [0.1, 0.15) is 24.3 Å². The van der Waals surface area contributed by atoms with Gasteiger partial charge in [0.05, 0.1) is 0 Å². The van der Waals surface area contributed by atoms with Gasteiger partial charge in [-0.15, -0.1) is 0 Å². The summed E-state index contributed by atoms with van der Waals surface area (Å²) in [5.74, 6) is -0.945. The van der Waals surface area contributed by atoms with E-state index in [9.17, 15) is 19.2 Å². The first-order valence-electron chi connectivity index (χ1n) is 10.2. The summed E-state index contributed by atoms with van der Waals surface area (Å²) in [4.78, 5) is 49.4. The molecule has 0 aromatic rings. The summed E-state index contributed by atoms with van der Waals surface area (Å²) in [6, 6.07) is -1.93. The molecule has 0 aromatic heterocycles. The maximum absolute atomic E-state index is 12.9. The minimum Gasteiger partial charge on any atom is -0.444 e. The second-order valence-corrected chi connectivity index (χ2v) is 11.7. The first-order chi connectivity index (χ1) is 15.1. The Morgan fingerprint density at radius 3 is 2.06 bits per heavy atom. The van der Waals surface area contributed by atoms with Crippen LogP contribution in [0.5, 0.6) is 0 Å². The van der Waals surface area contributed by atoms with E-state index < -0.39 is 52.1 Å². The fraction of sp³-hybridized carbons (Fsp3) is 0.789. The molecule has 0 bridgehead atoms. The summed E-state index contributed by atoms with van der Waals surface area (Å²) >= 11 is 17.9. The Balaban J connectivity index is 5.17. The third-order valence-corrected chi connectivity index (χ3v) is 5.04. The number of thioether (sulfide) groups is 1. The van der Waals surface area contributed by atoms with Crippen LogP contribution in [-0.4, -0.2) is 64.1 Å². The van der Waals surface area contributed by atoms with E-state index in [1.54, 1.807) is 27.7 Å². The average Bonchev–Trinajstić information content (AvgIpc) is 2.69. The van der Waals surface area contributed by atoms with Gasteiger partial charge < -0.3 is 20.1 Å². The Morgan fingerprint density at radius 2 is 1.58 bits per heavy atom. The number of rotatable bonds is 10. The Bertz CT molecular complexity index is 673. The number of alkyl halides is 3. The molecule has 0 radical (unpaired) electrons. The van der Waals surface area contributed by atoms with Crippen molar-refractivity contribution in [2.45, 2.75) is 68.9 Å². The highest BCUT2D eigenvalue weighted by Gasteiger charge is 2.31. The van der Waals surface area contributed by atoms with Crippen LogP contribution in [-0.2, 0) is 19.1 Å². The van der Waals surface area contributed by atoms with Crippen LogP contribution in [0.2, 0.25) is 0 Å². The number of carbonyl (C=O) groups excluding carboxylic acids is 4. The normalized spacial score (nSPS) is 14.3. The minimum atomic E-state index is -1.80. The molecule has 14 heteroatoms. The van der Waals surface area contributed by atoms with E-state index in [1.165, 1.54) is 11.8 Å². The van der Waals surface area contributed by atoms with Gasteiger partial charge in [0.15, 0.2) is 0 Å². The van der Waals surface area contributed by atoms with E-state index >= 15 is 0 Å². The van der Waals surface area contributed by atoms with Crippen LogP contribution in [0.3, 0.4) is 0 Å². The smallest absolute Gasteiger partial charge is 0.426 e. The van der Waals surface area contributed by atoms with Crippen LogP contribution in [0.4, 0.5) is 9.59 Å². The first-order valence-corrected chi connectivity index (χ1v) is 12.7. The molecular formula is C19H33Cl3N4O6S. The highest BCUT2D eigenvalue weighted by Crippen LogP contribution is 2.25.